The van der Waals surface area contributed by atoms with Crippen LogP contribution in [0.25, 0.3) is 6.08 Å². The standard InChI is InChI=1S/C18H18N4O/c1-22(2)17-7-5-14(6-8-17)10-16(11-19)18(23)21-13-15-4-3-9-20-12-15/h3-10,12H,13H2,1-2H3,(H,21,23). The van der Waals surface area contributed by atoms with Gasteiger partial charge in [0.2, 0.25) is 0 Å². The average Bonchev–Trinajstić information content (AvgIpc) is 2.59. The van der Waals surface area contributed by atoms with Gasteiger partial charge in [0.25, 0.3) is 5.91 Å². The van der Waals surface area contributed by atoms with E-state index in [1.807, 2.05) is 55.4 Å². The predicted molar refractivity (Wildman–Crippen MR) is 90.4 cm³/mol. The van der Waals surface area contributed by atoms with Gasteiger partial charge >= 0.3 is 0 Å². The van der Waals surface area contributed by atoms with Crippen LogP contribution >= 0.6 is 0 Å². The predicted octanol–water partition coefficient (Wildman–Crippen LogP) is 2.37. The maximum Gasteiger partial charge on any atom is 0.262 e. The molecule has 0 saturated carbocycles. The van der Waals surface area contributed by atoms with Crippen LogP contribution in [0.15, 0.2) is 54.4 Å². The maximum absolute atomic E-state index is 12.1. The molecule has 23 heavy (non-hydrogen) atoms. The van der Waals surface area contributed by atoms with Crippen LogP contribution in [-0.4, -0.2) is 25.0 Å². The molecule has 0 fully saturated rings. The Morgan fingerprint density at radius 2 is 2.04 bits per heavy atom. The van der Waals surface area contributed by atoms with Crippen LogP contribution < -0.4 is 10.2 Å². The molecule has 1 N–H and O–H groups in total. The average molecular weight is 306 g/mol. The lowest BCUT2D eigenvalue weighted by Gasteiger charge is -2.11. The highest BCUT2D eigenvalue weighted by Crippen LogP contribution is 2.14. The van der Waals surface area contributed by atoms with Crippen molar-refractivity contribution in [2.75, 3.05) is 19.0 Å². The van der Waals surface area contributed by atoms with Crippen LogP contribution in [0.3, 0.4) is 0 Å². The van der Waals surface area contributed by atoms with E-state index in [0.29, 0.717) is 6.54 Å². The Morgan fingerprint density at radius 1 is 1.30 bits per heavy atom. The third-order valence-electron chi connectivity index (χ3n) is 3.26. The summed E-state index contributed by atoms with van der Waals surface area (Å²) >= 11 is 0. The van der Waals surface area contributed by atoms with Crippen LogP contribution in [0.2, 0.25) is 0 Å². The number of amides is 1. The van der Waals surface area contributed by atoms with Crippen molar-refractivity contribution in [2.24, 2.45) is 0 Å². The lowest BCUT2D eigenvalue weighted by Crippen LogP contribution is -2.24. The largest absolute Gasteiger partial charge is 0.378 e. The molecule has 0 saturated heterocycles. The van der Waals surface area contributed by atoms with Crippen LogP contribution in [-0.2, 0) is 11.3 Å². The van der Waals surface area contributed by atoms with Crippen LogP contribution in [0.1, 0.15) is 11.1 Å². The Morgan fingerprint density at radius 3 is 2.61 bits per heavy atom. The molecule has 1 heterocycles. The van der Waals surface area contributed by atoms with Gasteiger partial charge in [-0.2, -0.15) is 5.26 Å². The van der Waals surface area contributed by atoms with Gasteiger partial charge in [-0.25, -0.2) is 0 Å². The summed E-state index contributed by atoms with van der Waals surface area (Å²) in [5.41, 5.74) is 2.82. The number of hydrogen-bond acceptors (Lipinski definition) is 4. The number of nitrogens with one attached hydrogen (secondary N) is 1. The number of carbonyl (C=O) groups excluding carboxylic acids is 1. The number of nitrogens with zero attached hydrogens (tertiary/aromatic N) is 3. The van der Waals surface area contributed by atoms with Crippen LogP contribution in [0.4, 0.5) is 5.69 Å². The van der Waals surface area contributed by atoms with E-state index < -0.39 is 5.91 Å². The van der Waals surface area contributed by atoms with Gasteiger partial charge in [-0.15, -0.1) is 0 Å². The number of carbonyl (C=O) groups is 1. The normalized spacial score (nSPS) is 10.7. The van der Waals surface area contributed by atoms with E-state index >= 15 is 0 Å². The van der Waals surface area contributed by atoms with Gasteiger partial charge in [-0.1, -0.05) is 18.2 Å². The SMILES string of the molecule is CN(C)c1ccc(C=C(C#N)C(=O)NCc2cccnc2)cc1. The van der Waals surface area contributed by atoms with Gasteiger partial charge < -0.3 is 10.2 Å². The number of rotatable bonds is 5. The first-order valence-corrected chi connectivity index (χ1v) is 7.16. The lowest BCUT2D eigenvalue weighted by molar-refractivity contribution is -0.117. The summed E-state index contributed by atoms with van der Waals surface area (Å²) in [6.07, 6.45) is 4.93. The topological polar surface area (TPSA) is 69.0 Å². The first-order chi connectivity index (χ1) is 11.1. The fourth-order valence-electron chi connectivity index (χ4n) is 1.96. The Hall–Kier alpha value is -3.13. The second-order valence-electron chi connectivity index (χ2n) is 5.20. The van der Waals surface area contributed by atoms with Crippen molar-refractivity contribution in [3.8, 4) is 6.07 Å². The molecule has 5 nitrogen and oxygen atoms in total. The second kappa shape index (κ2) is 7.76. The third-order valence-corrected chi connectivity index (χ3v) is 3.26. The molecule has 0 bridgehead atoms. The molecule has 2 rings (SSSR count). The minimum absolute atomic E-state index is 0.0755. The maximum atomic E-state index is 12.1. The van der Waals surface area contributed by atoms with Gasteiger partial charge in [-0.3, -0.25) is 9.78 Å². The van der Waals surface area contributed by atoms with Gasteiger partial charge in [0.1, 0.15) is 11.6 Å². The molecule has 116 valence electrons. The highest BCUT2D eigenvalue weighted by molar-refractivity contribution is 6.01. The summed E-state index contributed by atoms with van der Waals surface area (Å²) in [7, 11) is 3.91. The van der Waals surface area contributed by atoms with Gasteiger partial charge in [0.15, 0.2) is 0 Å². The zero-order chi connectivity index (χ0) is 16.7. The summed E-state index contributed by atoms with van der Waals surface area (Å²) in [5.74, 6) is -0.395. The molecule has 0 unspecified atom stereocenters. The summed E-state index contributed by atoms with van der Waals surface area (Å²) in [5, 5.41) is 11.9. The number of anilines is 1. The van der Waals surface area contributed by atoms with Crippen molar-refractivity contribution in [1.82, 2.24) is 10.3 Å². The Kier molecular flexibility index (Phi) is 5.48. The molecule has 5 heteroatoms. The first kappa shape index (κ1) is 16.2. The summed E-state index contributed by atoms with van der Waals surface area (Å²) in [6.45, 7) is 0.339. The van der Waals surface area contributed by atoms with E-state index in [2.05, 4.69) is 10.3 Å². The number of benzene rings is 1. The Bertz CT molecular complexity index is 728. The molecule has 0 aliphatic carbocycles. The minimum atomic E-state index is -0.395. The molecular formula is C18H18N4O. The first-order valence-electron chi connectivity index (χ1n) is 7.16. The van der Waals surface area contributed by atoms with Crippen molar-refractivity contribution in [1.29, 1.82) is 5.26 Å². The van der Waals surface area contributed by atoms with Crippen molar-refractivity contribution in [2.45, 2.75) is 6.54 Å². The molecule has 0 radical (unpaired) electrons. The fourth-order valence-corrected chi connectivity index (χ4v) is 1.96. The second-order valence-corrected chi connectivity index (χ2v) is 5.20. The molecule has 2 aromatic rings. The monoisotopic (exact) mass is 306 g/mol. The summed E-state index contributed by atoms with van der Waals surface area (Å²) in [6, 6.07) is 13.2. The summed E-state index contributed by atoms with van der Waals surface area (Å²) < 4.78 is 0. The van der Waals surface area contributed by atoms with Gasteiger partial charge in [-0.05, 0) is 35.4 Å². The van der Waals surface area contributed by atoms with Crippen LogP contribution in [0.5, 0.6) is 0 Å². The van der Waals surface area contributed by atoms with E-state index in [4.69, 9.17) is 0 Å². The van der Waals surface area contributed by atoms with Gasteiger partial charge in [0, 0.05) is 38.7 Å². The zero-order valence-corrected chi connectivity index (χ0v) is 13.2. The highest BCUT2D eigenvalue weighted by atomic mass is 16.1. The number of nitriles is 1. The third kappa shape index (κ3) is 4.68. The number of aromatic nitrogens is 1. The quantitative estimate of drug-likeness (QED) is 0.680. The van der Waals surface area contributed by atoms with Crippen molar-refractivity contribution < 1.29 is 4.79 Å². The Labute approximate surface area is 135 Å². The van der Waals surface area contributed by atoms with Crippen molar-refractivity contribution in [3.05, 3.63) is 65.5 Å². The van der Waals surface area contributed by atoms with E-state index in [1.54, 1.807) is 24.5 Å². The number of pyridine rings is 1. The molecule has 0 atom stereocenters. The highest BCUT2D eigenvalue weighted by Gasteiger charge is 2.08. The molecule has 0 aliphatic rings. The lowest BCUT2D eigenvalue weighted by atomic mass is 10.1. The smallest absolute Gasteiger partial charge is 0.262 e. The molecule has 1 aromatic carbocycles. The molecule has 1 aromatic heterocycles. The molecular weight excluding hydrogens is 288 g/mol. The van der Waals surface area contributed by atoms with E-state index in [1.165, 1.54) is 0 Å². The fraction of sp³-hybridized carbons (Fsp3) is 0.167. The summed E-state index contributed by atoms with van der Waals surface area (Å²) in [4.78, 5) is 18.1. The van der Waals surface area contributed by atoms with E-state index in [9.17, 15) is 10.1 Å². The van der Waals surface area contributed by atoms with Gasteiger partial charge in [0.05, 0.1) is 0 Å². The Balaban J connectivity index is 2.06. The van der Waals surface area contributed by atoms with Crippen molar-refractivity contribution in [3.63, 3.8) is 0 Å². The number of hydrogen-bond donors (Lipinski definition) is 1. The minimum Gasteiger partial charge on any atom is -0.378 e. The molecule has 0 aliphatic heterocycles. The molecule has 0 spiro atoms. The van der Waals surface area contributed by atoms with E-state index in [-0.39, 0.29) is 5.57 Å². The van der Waals surface area contributed by atoms with Crippen molar-refractivity contribution >= 4 is 17.7 Å². The van der Waals surface area contributed by atoms with Crippen LogP contribution in [0, 0.1) is 11.3 Å². The van der Waals surface area contributed by atoms with E-state index in [0.717, 1.165) is 16.8 Å². The zero-order valence-electron chi connectivity index (χ0n) is 13.2. The molecule has 1 amide bonds.